The van der Waals surface area contributed by atoms with Crippen molar-refractivity contribution in [2.24, 2.45) is 0 Å². The van der Waals surface area contributed by atoms with Gasteiger partial charge in [0.1, 0.15) is 5.01 Å². The Hall–Kier alpha value is -2.61. The van der Waals surface area contributed by atoms with Crippen LogP contribution in [0.25, 0.3) is 0 Å². The lowest BCUT2D eigenvalue weighted by Gasteiger charge is -2.24. The Labute approximate surface area is 178 Å². The first kappa shape index (κ1) is 19.4. The summed E-state index contributed by atoms with van der Waals surface area (Å²) in [5.41, 5.74) is 1.06. The second-order valence-electron chi connectivity index (χ2n) is 8.41. The molecule has 2 saturated carbocycles. The van der Waals surface area contributed by atoms with Crippen LogP contribution in [0.5, 0.6) is 0 Å². The molecule has 1 N–H and O–H groups in total. The number of nitrogens with one attached hydrogen (secondary N) is 1. The molecule has 8 heteroatoms. The topological polar surface area (TPSA) is 92.3 Å². The average Bonchev–Trinajstić information content (AvgIpc) is 3.11. The van der Waals surface area contributed by atoms with Gasteiger partial charge in [-0.15, -0.1) is 10.2 Å². The number of carbonyl (C=O) groups excluding carboxylic acids is 3. The molecule has 3 aliphatic rings. The first-order valence-electron chi connectivity index (χ1n) is 10.8. The van der Waals surface area contributed by atoms with Crippen LogP contribution >= 0.6 is 11.3 Å². The molecular weight excluding hydrogens is 400 g/mol. The highest BCUT2D eigenvalue weighted by molar-refractivity contribution is 7.15. The summed E-state index contributed by atoms with van der Waals surface area (Å²) in [6.07, 6.45) is 9.56. The fourth-order valence-electron chi connectivity index (χ4n) is 4.52. The van der Waals surface area contributed by atoms with Gasteiger partial charge >= 0.3 is 0 Å². The Kier molecular flexibility index (Phi) is 5.10. The molecule has 2 fully saturated rings. The Morgan fingerprint density at radius 3 is 2.37 bits per heavy atom. The zero-order valence-corrected chi connectivity index (χ0v) is 17.5. The van der Waals surface area contributed by atoms with Gasteiger partial charge in [-0.2, -0.15) is 0 Å². The molecule has 5 rings (SSSR count). The standard InChI is InChI=1S/C22H24N4O3S/c27-18(23-22-25-24-19(30-22)13-6-5-7-13)14-10-11-16-17(12-14)21(29)26(20(16)28)15-8-3-1-2-4-9-15/h10-13,15H,1-9H2,(H,23,25,27). The number of benzene rings is 1. The van der Waals surface area contributed by atoms with Gasteiger partial charge < -0.3 is 0 Å². The molecule has 2 aliphatic carbocycles. The zero-order valence-electron chi connectivity index (χ0n) is 16.7. The SMILES string of the molecule is O=C(Nc1nnc(C2CCC2)s1)c1ccc2c(c1)C(=O)N(C1CCCCCC1)C2=O. The van der Waals surface area contributed by atoms with E-state index in [1.165, 1.54) is 28.7 Å². The van der Waals surface area contributed by atoms with E-state index < -0.39 is 0 Å². The number of hydrogen-bond donors (Lipinski definition) is 1. The van der Waals surface area contributed by atoms with Crippen LogP contribution in [-0.2, 0) is 0 Å². The second-order valence-corrected chi connectivity index (χ2v) is 9.42. The van der Waals surface area contributed by atoms with Crippen LogP contribution in [0.1, 0.15) is 99.8 Å². The number of hydrogen-bond acceptors (Lipinski definition) is 6. The Morgan fingerprint density at radius 1 is 0.933 bits per heavy atom. The lowest BCUT2D eigenvalue weighted by Crippen LogP contribution is -2.39. The maximum Gasteiger partial charge on any atom is 0.261 e. The summed E-state index contributed by atoms with van der Waals surface area (Å²) in [4.78, 5) is 40.0. The van der Waals surface area contributed by atoms with E-state index in [9.17, 15) is 14.4 Å². The normalized spacial score (nSPS) is 20.1. The predicted octanol–water partition coefficient (Wildman–Crippen LogP) is 4.38. The van der Waals surface area contributed by atoms with Crippen molar-refractivity contribution < 1.29 is 14.4 Å². The molecule has 0 radical (unpaired) electrons. The molecule has 1 aromatic heterocycles. The molecular formula is C22H24N4O3S. The Bertz CT molecular complexity index is 1010. The number of aromatic nitrogens is 2. The molecule has 30 heavy (non-hydrogen) atoms. The smallest absolute Gasteiger partial charge is 0.261 e. The summed E-state index contributed by atoms with van der Waals surface area (Å²) >= 11 is 1.40. The highest BCUT2D eigenvalue weighted by Gasteiger charge is 2.40. The molecule has 2 aromatic rings. The van der Waals surface area contributed by atoms with Crippen LogP contribution in [-0.4, -0.2) is 38.9 Å². The van der Waals surface area contributed by atoms with Crippen molar-refractivity contribution in [3.8, 4) is 0 Å². The molecule has 156 valence electrons. The third kappa shape index (κ3) is 3.43. The quantitative estimate of drug-likeness (QED) is 0.581. The fourth-order valence-corrected chi connectivity index (χ4v) is 5.43. The van der Waals surface area contributed by atoms with Crippen molar-refractivity contribution in [2.75, 3.05) is 5.32 Å². The van der Waals surface area contributed by atoms with E-state index in [0.717, 1.165) is 56.4 Å². The molecule has 0 unspecified atom stereocenters. The van der Waals surface area contributed by atoms with E-state index in [1.807, 2.05) is 0 Å². The van der Waals surface area contributed by atoms with E-state index in [-0.39, 0.29) is 23.8 Å². The van der Waals surface area contributed by atoms with E-state index in [2.05, 4.69) is 15.5 Å². The lowest BCUT2D eigenvalue weighted by molar-refractivity contribution is 0.0569. The number of fused-ring (bicyclic) bond motifs is 1. The number of anilines is 1. The highest BCUT2D eigenvalue weighted by atomic mass is 32.1. The molecule has 1 aromatic carbocycles. The number of rotatable bonds is 4. The predicted molar refractivity (Wildman–Crippen MR) is 113 cm³/mol. The molecule has 0 atom stereocenters. The molecule has 0 spiro atoms. The van der Waals surface area contributed by atoms with Crippen molar-refractivity contribution in [3.05, 3.63) is 39.9 Å². The zero-order chi connectivity index (χ0) is 20.7. The number of imide groups is 1. The minimum absolute atomic E-state index is 0.0384. The summed E-state index contributed by atoms with van der Waals surface area (Å²) in [5.74, 6) is -0.392. The van der Waals surface area contributed by atoms with Crippen LogP contribution in [0.2, 0.25) is 0 Å². The van der Waals surface area contributed by atoms with E-state index in [4.69, 9.17) is 0 Å². The lowest BCUT2D eigenvalue weighted by atomic mass is 9.86. The van der Waals surface area contributed by atoms with Crippen LogP contribution in [0.15, 0.2) is 18.2 Å². The largest absolute Gasteiger partial charge is 0.296 e. The van der Waals surface area contributed by atoms with Crippen molar-refractivity contribution in [1.82, 2.24) is 15.1 Å². The van der Waals surface area contributed by atoms with Crippen LogP contribution in [0.4, 0.5) is 5.13 Å². The summed E-state index contributed by atoms with van der Waals surface area (Å²) < 4.78 is 0. The van der Waals surface area contributed by atoms with Crippen LogP contribution in [0, 0.1) is 0 Å². The molecule has 2 heterocycles. The maximum absolute atomic E-state index is 13.0. The Balaban J connectivity index is 1.33. The molecule has 0 bridgehead atoms. The monoisotopic (exact) mass is 424 g/mol. The van der Waals surface area contributed by atoms with E-state index in [0.29, 0.717) is 27.7 Å². The summed E-state index contributed by atoms with van der Waals surface area (Å²) in [6, 6.07) is 4.70. The minimum atomic E-state index is -0.345. The fraction of sp³-hybridized carbons (Fsp3) is 0.500. The minimum Gasteiger partial charge on any atom is -0.296 e. The molecule has 0 saturated heterocycles. The number of nitrogens with zero attached hydrogens (tertiary/aromatic N) is 3. The van der Waals surface area contributed by atoms with Crippen LogP contribution < -0.4 is 5.32 Å². The number of amides is 3. The van der Waals surface area contributed by atoms with Gasteiger partial charge in [0.05, 0.1) is 11.1 Å². The van der Waals surface area contributed by atoms with E-state index >= 15 is 0 Å². The molecule has 3 amide bonds. The van der Waals surface area contributed by atoms with Crippen LogP contribution in [0.3, 0.4) is 0 Å². The summed E-state index contributed by atoms with van der Waals surface area (Å²) in [7, 11) is 0. The summed E-state index contributed by atoms with van der Waals surface area (Å²) in [6.45, 7) is 0. The molecule has 7 nitrogen and oxygen atoms in total. The third-order valence-electron chi connectivity index (χ3n) is 6.49. The van der Waals surface area contributed by atoms with Crippen molar-refractivity contribution in [3.63, 3.8) is 0 Å². The van der Waals surface area contributed by atoms with E-state index in [1.54, 1.807) is 12.1 Å². The van der Waals surface area contributed by atoms with Crippen molar-refractivity contribution in [1.29, 1.82) is 0 Å². The Morgan fingerprint density at radius 2 is 1.67 bits per heavy atom. The highest BCUT2D eigenvalue weighted by Crippen LogP contribution is 2.38. The van der Waals surface area contributed by atoms with Gasteiger partial charge in [0.2, 0.25) is 5.13 Å². The average molecular weight is 425 g/mol. The maximum atomic E-state index is 13.0. The van der Waals surface area contributed by atoms with Gasteiger partial charge in [0.25, 0.3) is 17.7 Å². The first-order chi connectivity index (χ1) is 14.6. The number of carbonyl (C=O) groups is 3. The summed E-state index contributed by atoms with van der Waals surface area (Å²) in [5, 5.41) is 12.5. The van der Waals surface area contributed by atoms with Gasteiger partial charge in [-0.1, -0.05) is 43.4 Å². The third-order valence-corrected chi connectivity index (χ3v) is 7.49. The molecule has 1 aliphatic heterocycles. The second kappa shape index (κ2) is 7.91. The van der Waals surface area contributed by atoms with Gasteiger partial charge in [-0.05, 0) is 43.9 Å². The van der Waals surface area contributed by atoms with Gasteiger partial charge in [-0.25, -0.2) is 0 Å². The van der Waals surface area contributed by atoms with Gasteiger partial charge in [0.15, 0.2) is 0 Å². The first-order valence-corrected chi connectivity index (χ1v) is 11.6. The van der Waals surface area contributed by atoms with Crippen molar-refractivity contribution >= 4 is 34.2 Å². The van der Waals surface area contributed by atoms with Gasteiger partial charge in [0, 0.05) is 17.5 Å². The van der Waals surface area contributed by atoms with Gasteiger partial charge in [-0.3, -0.25) is 24.6 Å². The van der Waals surface area contributed by atoms with Crippen molar-refractivity contribution in [2.45, 2.75) is 69.7 Å².